The zero-order valence-corrected chi connectivity index (χ0v) is 20.4. The lowest BCUT2D eigenvalue weighted by atomic mass is 9.76. The summed E-state index contributed by atoms with van der Waals surface area (Å²) in [7, 11) is 3.27. The Morgan fingerprint density at radius 3 is 2.58 bits per heavy atom. The number of piperidine rings is 1. The van der Waals surface area contributed by atoms with Crippen molar-refractivity contribution in [3.63, 3.8) is 0 Å². The van der Waals surface area contributed by atoms with Crippen LogP contribution in [0.2, 0.25) is 0 Å². The molecule has 5 rings (SSSR count). The SMILES string of the molecule is COc1ccc(C(c2cccnc2)C2CCN(C(=O)c3ccc4c(c3)NC(=O)CO4)CC2)cc1OC. The van der Waals surface area contributed by atoms with E-state index in [9.17, 15) is 9.59 Å². The molecule has 186 valence electrons. The van der Waals surface area contributed by atoms with Gasteiger partial charge in [-0.25, -0.2) is 0 Å². The molecule has 0 radical (unpaired) electrons. The van der Waals surface area contributed by atoms with Crippen molar-refractivity contribution in [1.82, 2.24) is 9.88 Å². The molecule has 0 aliphatic carbocycles. The van der Waals surface area contributed by atoms with E-state index in [1.807, 2.05) is 29.3 Å². The predicted molar refractivity (Wildman–Crippen MR) is 135 cm³/mol. The highest BCUT2D eigenvalue weighted by Crippen LogP contribution is 2.41. The fraction of sp³-hybridized carbons (Fsp3) is 0.321. The monoisotopic (exact) mass is 487 g/mol. The van der Waals surface area contributed by atoms with Crippen molar-refractivity contribution in [3.05, 3.63) is 77.6 Å². The van der Waals surface area contributed by atoms with Crippen LogP contribution in [0.5, 0.6) is 17.2 Å². The second-order valence-electron chi connectivity index (χ2n) is 9.06. The molecule has 0 saturated carbocycles. The van der Waals surface area contributed by atoms with Gasteiger partial charge in [0.1, 0.15) is 5.75 Å². The van der Waals surface area contributed by atoms with Gasteiger partial charge in [0.2, 0.25) is 0 Å². The third-order valence-electron chi connectivity index (χ3n) is 6.97. The van der Waals surface area contributed by atoms with Crippen LogP contribution in [0.3, 0.4) is 0 Å². The van der Waals surface area contributed by atoms with E-state index in [0.29, 0.717) is 47.5 Å². The molecule has 3 aromatic rings. The van der Waals surface area contributed by atoms with E-state index in [1.54, 1.807) is 38.6 Å². The first-order chi connectivity index (χ1) is 17.6. The number of amides is 2. The number of hydrogen-bond acceptors (Lipinski definition) is 6. The van der Waals surface area contributed by atoms with Crippen molar-refractivity contribution in [1.29, 1.82) is 0 Å². The van der Waals surface area contributed by atoms with E-state index in [1.165, 1.54) is 0 Å². The van der Waals surface area contributed by atoms with E-state index in [2.05, 4.69) is 22.4 Å². The first-order valence-corrected chi connectivity index (χ1v) is 12.0. The maximum absolute atomic E-state index is 13.3. The average molecular weight is 488 g/mol. The lowest BCUT2D eigenvalue weighted by Gasteiger charge is -2.37. The van der Waals surface area contributed by atoms with Gasteiger partial charge in [-0.1, -0.05) is 12.1 Å². The summed E-state index contributed by atoms with van der Waals surface area (Å²) in [6, 6.07) is 15.3. The fourth-order valence-electron chi connectivity index (χ4n) is 5.18. The first kappa shape index (κ1) is 23.7. The molecule has 1 atom stereocenters. The van der Waals surface area contributed by atoms with Crippen LogP contribution in [0.4, 0.5) is 5.69 Å². The Kier molecular flexibility index (Phi) is 6.75. The molecule has 1 aromatic heterocycles. The van der Waals surface area contributed by atoms with Gasteiger partial charge in [0.15, 0.2) is 18.1 Å². The van der Waals surface area contributed by atoms with Gasteiger partial charge < -0.3 is 24.4 Å². The number of benzene rings is 2. The Labute approximate surface area is 210 Å². The van der Waals surface area contributed by atoms with Crippen molar-refractivity contribution < 1.29 is 23.8 Å². The van der Waals surface area contributed by atoms with Crippen LogP contribution in [0, 0.1) is 5.92 Å². The average Bonchev–Trinajstić information content (AvgIpc) is 2.93. The Morgan fingerprint density at radius 1 is 1.06 bits per heavy atom. The molecule has 2 aromatic carbocycles. The summed E-state index contributed by atoms with van der Waals surface area (Å²) in [4.78, 5) is 31.2. The van der Waals surface area contributed by atoms with Crippen LogP contribution >= 0.6 is 0 Å². The van der Waals surface area contributed by atoms with Crippen molar-refractivity contribution >= 4 is 17.5 Å². The maximum Gasteiger partial charge on any atom is 0.262 e. The molecular formula is C28H29N3O5. The molecule has 3 heterocycles. The lowest BCUT2D eigenvalue weighted by molar-refractivity contribution is -0.118. The third kappa shape index (κ3) is 4.71. The minimum atomic E-state index is -0.218. The van der Waals surface area contributed by atoms with Gasteiger partial charge in [0.25, 0.3) is 11.8 Å². The summed E-state index contributed by atoms with van der Waals surface area (Å²) in [6.07, 6.45) is 5.40. The van der Waals surface area contributed by atoms with Gasteiger partial charge in [0, 0.05) is 37.0 Å². The number of fused-ring (bicyclic) bond motifs is 1. The Bertz CT molecular complexity index is 1260. The highest BCUT2D eigenvalue weighted by atomic mass is 16.5. The lowest BCUT2D eigenvalue weighted by Crippen LogP contribution is -2.40. The normalized spacial score (nSPS) is 16.4. The Morgan fingerprint density at radius 2 is 1.86 bits per heavy atom. The van der Waals surface area contributed by atoms with Gasteiger partial charge in [-0.3, -0.25) is 14.6 Å². The second-order valence-corrected chi connectivity index (χ2v) is 9.06. The number of aromatic nitrogens is 1. The number of hydrogen-bond donors (Lipinski definition) is 1. The number of rotatable bonds is 6. The van der Waals surface area contributed by atoms with E-state index < -0.39 is 0 Å². The zero-order chi connectivity index (χ0) is 25.1. The molecule has 8 heteroatoms. The molecule has 1 fully saturated rings. The number of pyridine rings is 1. The number of ether oxygens (including phenoxy) is 3. The number of anilines is 1. The van der Waals surface area contributed by atoms with Crippen molar-refractivity contribution in [2.24, 2.45) is 5.92 Å². The van der Waals surface area contributed by atoms with Crippen LogP contribution in [-0.2, 0) is 4.79 Å². The number of nitrogens with one attached hydrogen (secondary N) is 1. The predicted octanol–water partition coefficient (Wildman–Crippen LogP) is 4.11. The smallest absolute Gasteiger partial charge is 0.262 e. The van der Waals surface area contributed by atoms with Crippen molar-refractivity contribution in [2.45, 2.75) is 18.8 Å². The van der Waals surface area contributed by atoms with Crippen LogP contribution in [-0.4, -0.2) is 55.6 Å². The maximum atomic E-state index is 13.3. The summed E-state index contributed by atoms with van der Waals surface area (Å²) in [6.45, 7) is 1.28. The van der Waals surface area contributed by atoms with Gasteiger partial charge >= 0.3 is 0 Å². The zero-order valence-electron chi connectivity index (χ0n) is 20.4. The molecule has 2 amide bonds. The number of nitrogens with zero attached hydrogens (tertiary/aromatic N) is 2. The minimum absolute atomic E-state index is 0.00796. The quantitative estimate of drug-likeness (QED) is 0.563. The van der Waals surface area contributed by atoms with Gasteiger partial charge in [-0.2, -0.15) is 0 Å². The summed E-state index contributed by atoms with van der Waals surface area (Å²) in [5, 5.41) is 2.77. The first-order valence-electron chi connectivity index (χ1n) is 12.0. The number of likely N-dealkylation sites (tertiary alicyclic amines) is 1. The van der Waals surface area contributed by atoms with Crippen LogP contribution in [0.25, 0.3) is 0 Å². The van der Waals surface area contributed by atoms with Gasteiger partial charge in [-0.05, 0) is 66.3 Å². The van der Waals surface area contributed by atoms with E-state index in [4.69, 9.17) is 14.2 Å². The Balaban J connectivity index is 1.35. The molecule has 1 unspecified atom stereocenters. The molecule has 1 saturated heterocycles. The van der Waals surface area contributed by atoms with Crippen molar-refractivity contribution in [3.8, 4) is 17.2 Å². The number of carbonyl (C=O) groups excluding carboxylic acids is 2. The minimum Gasteiger partial charge on any atom is -0.493 e. The van der Waals surface area contributed by atoms with Crippen molar-refractivity contribution in [2.75, 3.05) is 39.2 Å². The van der Waals surface area contributed by atoms with Crippen LogP contribution in [0.15, 0.2) is 60.9 Å². The molecule has 36 heavy (non-hydrogen) atoms. The summed E-state index contributed by atoms with van der Waals surface area (Å²) >= 11 is 0. The molecule has 0 spiro atoms. The molecule has 2 aliphatic rings. The Hall–Kier alpha value is -4.07. The van der Waals surface area contributed by atoms with Gasteiger partial charge in [-0.15, -0.1) is 0 Å². The topological polar surface area (TPSA) is 90.0 Å². The molecule has 2 aliphatic heterocycles. The molecule has 8 nitrogen and oxygen atoms in total. The summed E-state index contributed by atoms with van der Waals surface area (Å²) in [5.41, 5.74) is 3.36. The number of carbonyl (C=O) groups is 2. The highest BCUT2D eigenvalue weighted by molar-refractivity contribution is 5.99. The third-order valence-corrected chi connectivity index (χ3v) is 6.97. The van der Waals surface area contributed by atoms with E-state index in [0.717, 1.165) is 24.0 Å². The van der Waals surface area contributed by atoms with Gasteiger partial charge in [0.05, 0.1) is 19.9 Å². The summed E-state index contributed by atoms with van der Waals surface area (Å²) < 4.78 is 16.4. The van der Waals surface area contributed by atoms with Crippen LogP contribution < -0.4 is 19.5 Å². The largest absolute Gasteiger partial charge is 0.493 e. The standard InChI is InChI=1S/C28H29N3O5/c1-34-24-8-5-19(15-25(24)35-2)27(21-4-3-11-29-16-21)18-9-12-31(13-10-18)28(33)20-6-7-23-22(14-20)30-26(32)17-36-23/h3-8,11,14-16,18,27H,9-10,12-13,17H2,1-2H3,(H,30,32). The highest BCUT2D eigenvalue weighted by Gasteiger charge is 2.32. The van der Waals surface area contributed by atoms with Crippen LogP contribution in [0.1, 0.15) is 40.2 Å². The van der Waals surface area contributed by atoms with E-state index >= 15 is 0 Å². The van der Waals surface area contributed by atoms with E-state index in [-0.39, 0.29) is 24.3 Å². The second kappa shape index (κ2) is 10.3. The number of methoxy groups -OCH3 is 2. The molecule has 1 N–H and O–H groups in total. The molecule has 0 bridgehead atoms. The fourth-order valence-corrected chi connectivity index (χ4v) is 5.18. The summed E-state index contributed by atoms with van der Waals surface area (Å²) in [5.74, 6) is 2.15. The molecular weight excluding hydrogens is 458 g/mol.